The van der Waals surface area contributed by atoms with Crippen LogP contribution >= 0.6 is 0 Å². The molecular weight excluding hydrogens is 415 g/mol. The number of fused-ring (bicyclic) bond motifs is 3. The maximum atomic E-state index is 13.4. The average molecular weight is 439 g/mol. The molecule has 5 nitrogen and oxygen atoms in total. The van der Waals surface area contributed by atoms with Crippen LogP contribution in [0.25, 0.3) is 11.1 Å². The molecular formula is C24H23FN2O3S. The number of halogens is 1. The molecule has 1 heterocycles. The topological polar surface area (TPSA) is 66.5 Å². The van der Waals surface area contributed by atoms with Crippen molar-refractivity contribution in [1.29, 1.82) is 0 Å². The second-order valence-corrected chi connectivity index (χ2v) is 9.38. The highest BCUT2D eigenvalue weighted by atomic mass is 32.2. The number of rotatable bonds is 5. The Bertz CT molecular complexity index is 1240. The summed E-state index contributed by atoms with van der Waals surface area (Å²) in [5, 5.41) is 2.81. The van der Waals surface area contributed by atoms with Gasteiger partial charge in [-0.05, 0) is 54.8 Å². The van der Waals surface area contributed by atoms with Crippen LogP contribution in [0.1, 0.15) is 31.0 Å². The molecule has 3 aromatic carbocycles. The van der Waals surface area contributed by atoms with Crippen LogP contribution in [0.3, 0.4) is 0 Å². The van der Waals surface area contributed by atoms with E-state index in [2.05, 4.69) is 5.32 Å². The quantitative estimate of drug-likeness (QED) is 0.640. The lowest BCUT2D eigenvalue weighted by molar-refractivity contribution is -0.120. The monoisotopic (exact) mass is 438 g/mol. The van der Waals surface area contributed by atoms with Crippen LogP contribution in [-0.2, 0) is 21.2 Å². The zero-order valence-electron chi connectivity index (χ0n) is 17.3. The molecule has 31 heavy (non-hydrogen) atoms. The molecule has 0 radical (unpaired) electrons. The number of aryl methyl sites for hydroxylation is 1. The molecule has 1 unspecified atom stereocenters. The molecule has 0 aliphatic carbocycles. The number of nitrogens with zero attached hydrogens (tertiary/aromatic N) is 1. The summed E-state index contributed by atoms with van der Waals surface area (Å²) in [6.45, 7) is 3.46. The van der Waals surface area contributed by atoms with Crippen molar-refractivity contribution in [2.45, 2.75) is 31.2 Å². The first kappa shape index (κ1) is 21.1. The van der Waals surface area contributed by atoms with E-state index >= 15 is 0 Å². The first-order valence-electron chi connectivity index (χ1n) is 10.1. The Morgan fingerprint density at radius 3 is 2.45 bits per heavy atom. The maximum Gasteiger partial charge on any atom is 0.265 e. The third-order valence-electron chi connectivity index (χ3n) is 5.52. The van der Waals surface area contributed by atoms with Gasteiger partial charge in [0, 0.05) is 11.1 Å². The average Bonchev–Trinajstić information content (AvgIpc) is 2.77. The van der Waals surface area contributed by atoms with E-state index in [-0.39, 0.29) is 17.3 Å². The van der Waals surface area contributed by atoms with Crippen molar-refractivity contribution in [3.05, 3.63) is 83.7 Å². The molecule has 4 rings (SSSR count). The van der Waals surface area contributed by atoms with Crippen molar-refractivity contribution in [1.82, 2.24) is 5.32 Å². The number of hydrogen-bond acceptors (Lipinski definition) is 3. The Labute approximate surface area is 181 Å². The fourth-order valence-corrected chi connectivity index (χ4v) is 5.47. The minimum absolute atomic E-state index is 0.190. The Morgan fingerprint density at radius 2 is 1.74 bits per heavy atom. The summed E-state index contributed by atoms with van der Waals surface area (Å²) in [5.74, 6) is -0.797. The van der Waals surface area contributed by atoms with Gasteiger partial charge < -0.3 is 5.32 Å². The largest absolute Gasteiger partial charge is 0.348 e. The van der Waals surface area contributed by atoms with Crippen LogP contribution < -0.4 is 9.62 Å². The Kier molecular flexibility index (Phi) is 5.54. The van der Waals surface area contributed by atoms with Gasteiger partial charge in [0.2, 0.25) is 5.91 Å². The lowest BCUT2D eigenvalue weighted by Crippen LogP contribution is -2.43. The Balaban J connectivity index is 1.66. The number of carbonyl (C=O) groups is 1. The van der Waals surface area contributed by atoms with Crippen molar-refractivity contribution >= 4 is 21.6 Å². The molecule has 1 atom stereocenters. The zero-order chi connectivity index (χ0) is 22.2. The number of benzene rings is 3. The van der Waals surface area contributed by atoms with Crippen LogP contribution in [0.4, 0.5) is 10.1 Å². The van der Waals surface area contributed by atoms with Gasteiger partial charge in [-0.15, -0.1) is 0 Å². The highest BCUT2D eigenvalue weighted by molar-refractivity contribution is 7.93. The first-order valence-corrected chi connectivity index (χ1v) is 11.5. The third kappa shape index (κ3) is 3.93. The van der Waals surface area contributed by atoms with Crippen LogP contribution in [-0.4, -0.2) is 20.9 Å². The summed E-state index contributed by atoms with van der Waals surface area (Å²) in [6.07, 6.45) is 0.817. The molecule has 0 bridgehead atoms. The predicted octanol–water partition coefficient (Wildman–Crippen LogP) is 4.44. The third-order valence-corrected chi connectivity index (χ3v) is 7.34. The zero-order valence-corrected chi connectivity index (χ0v) is 18.1. The van der Waals surface area contributed by atoms with E-state index in [0.29, 0.717) is 11.3 Å². The van der Waals surface area contributed by atoms with Gasteiger partial charge in [0.15, 0.2) is 0 Å². The Morgan fingerprint density at radius 1 is 1.03 bits per heavy atom. The van der Waals surface area contributed by atoms with Gasteiger partial charge in [-0.1, -0.05) is 43.3 Å². The van der Waals surface area contributed by atoms with Gasteiger partial charge >= 0.3 is 0 Å². The van der Waals surface area contributed by atoms with E-state index < -0.39 is 22.0 Å². The number of sulfonamides is 1. The van der Waals surface area contributed by atoms with Crippen molar-refractivity contribution in [2.75, 3.05) is 10.8 Å². The summed E-state index contributed by atoms with van der Waals surface area (Å²) in [6, 6.07) is 17.9. The van der Waals surface area contributed by atoms with E-state index in [1.165, 1.54) is 12.1 Å². The highest BCUT2D eigenvalue weighted by Gasteiger charge is 2.36. The molecule has 3 aromatic rings. The van der Waals surface area contributed by atoms with E-state index in [1.807, 2.05) is 25.1 Å². The van der Waals surface area contributed by atoms with Crippen molar-refractivity contribution in [2.24, 2.45) is 0 Å². The highest BCUT2D eigenvalue weighted by Crippen LogP contribution is 2.43. The molecule has 7 heteroatoms. The molecule has 1 N–H and O–H groups in total. The standard InChI is InChI=1S/C24H23FN2O3S/c1-3-17-8-13-22-21(14-17)20-6-4-5-7-23(20)31(29,30)27(22)15-24(28)26-16(2)18-9-11-19(25)12-10-18/h4-14,16H,3,15H2,1-2H3,(H,26,28). The SMILES string of the molecule is CCc1ccc2c(c1)-c1ccccc1S(=O)(=O)N2CC(=O)NC(C)c1ccc(F)cc1. The summed E-state index contributed by atoms with van der Waals surface area (Å²) < 4.78 is 41.0. The summed E-state index contributed by atoms with van der Waals surface area (Å²) in [4.78, 5) is 13.0. The molecule has 0 fully saturated rings. The fourth-order valence-electron chi connectivity index (χ4n) is 3.82. The molecule has 0 saturated carbocycles. The van der Waals surface area contributed by atoms with Gasteiger partial charge in [-0.25, -0.2) is 12.8 Å². The van der Waals surface area contributed by atoms with Gasteiger partial charge in [-0.2, -0.15) is 0 Å². The fraction of sp³-hybridized carbons (Fsp3) is 0.208. The number of carbonyl (C=O) groups excluding carboxylic acids is 1. The molecule has 160 valence electrons. The van der Waals surface area contributed by atoms with Crippen molar-refractivity contribution in [3.63, 3.8) is 0 Å². The predicted molar refractivity (Wildman–Crippen MR) is 119 cm³/mol. The molecule has 0 saturated heterocycles. The van der Waals surface area contributed by atoms with Crippen LogP contribution in [0.5, 0.6) is 0 Å². The number of nitrogens with one attached hydrogen (secondary N) is 1. The van der Waals surface area contributed by atoms with E-state index in [4.69, 9.17) is 0 Å². The van der Waals surface area contributed by atoms with Crippen LogP contribution in [0, 0.1) is 5.82 Å². The summed E-state index contributed by atoms with van der Waals surface area (Å²) in [5.41, 5.74) is 3.74. The second-order valence-electron chi connectivity index (χ2n) is 7.55. The van der Waals surface area contributed by atoms with Gasteiger partial charge in [-0.3, -0.25) is 9.10 Å². The molecule has 1 aliphatic heterocycles. The molecule has 0 spiro atoms. The van der Waals surface area contributed by atoms with Gasteiger partial charge in [0.1, 0.15) is 12.4 Å². The van der Waals surface area contributed by atoms with E-state index in [9.17, 15) is 17.6 Å². The van der Waals surface area contributed by atoms with E-state index in [0.717, 1.165) is 27.4 Å². The van der Waals surface area contributed by atoms with Crippen molar-refractivity contribution in [3.8, 4) is 11.1 Å². The normalized spacial score (nSPS) is 15.0. The van der Waals surface area contributed by atoms with Gasteiger partial charge in [0.25, 0.3) is 10.0 Å². The van der Waals surface area contributed by atoms with Crippen LogP contribution in [0.15, 0.2) is 71.6 Å². The summed E-state index contributed by atoms with van der Waals surface area (Å²) >= 11 is 0. The maximum absolute atomic E-state index is 13.4. The van der Waals surface area contributed by atoms with Gasteiger partial charge in [0.05, 0.1) is 16.6 Å². The second kappa shape index (κ2) is 8.15. The number of hydrogen-bond donors (Lipinski definition) is 1. The number of amides is 1. The lowest BCUT2D eigenvalue weighted by atomic mass is 9.99. The first-order chi connectivity index (χ1) is 14.8. The summed E-state index contributed by atoms with van der Waals surface area (Å²) in [7, 11) is -3.89. The minimum Gasteiger partial charge on any atom is -0.348 e. The minimum atomic E-state index is -3.89. The molecule has 0 aromatic heterocycles. The number of anilines is 1. The smallest absolute Gasteiger partial charge is 0.265 e. The molecule has 1 aliphatic rings. The van der Waals surface area contributed by atoms with E-state index in [1.54, 1.807) is 43.3 Å². The lowest BCUT2D eigenvalue weighted by Gasteiger charge is -2.32. The van der Waals surface area contributed by atoms with Crippen molar-refractivity contribution < 1.29 is 17.6 Å². The Hall–Kier alpha value is -3.19. The van der Waals surface area contributed by atoms with Crippen LogP contribution in [0.2, 0.25) is 0 Å². The molecule has 1 amide bonds.